The Morgan fingerprint density at radius 1 is 1.35 bits per heavy atom. The Balaban J connectivity index is 2.00. The van der Waals surface area contributed by atoms with Crippen molar-refractivity contribution in [1.82, 2.24) is 5.32 Å². The van der Waals surface area contributed by atoms with Gasteiger partial charge in [0.05, 0.1) is 19.6 Å². The monoisotopic (exact) mass is 293 g/mol. The van der Waals surface area contributed by atoms with E-state index >= 15 is 0 Å². The van der Waals surface area contributed by atoms with Crippen LogP contribution in [0, 0.1) is 5.82 Å². The number of nitrogens with one attached hydrogen (secondary N) is 1. The zero-order valence-electron chi connectivity index (χ0n) is 11.1. The maximum Gasteiger partial charge on any atom is 0.307 e. The molecule has 2 aromatic rings. The van der Waals surface area contributed by atoms with E-state index in [4.69, 9.17) is 4.74 Å². The second-order valence-corrected chi connectivity index (χ2v) is 5.33. The van der Waals surface area contributed by atoms with Crippen molar-refractivity contribution in [3.05, 3.63) is 58.0 Å². The quantitative estimate of drug-likeness (QED) is 0.831. The number of ether oxygens (including phenoxy) is 1. The summed E-state index contributed by atoms with van der Waals surface area (Å²) in [5.74, 6) is -0.506. The van der Waals surface area contributed by atoms with Crippen molar-refractivity contribution >= 4 is 17.3 Å². The van der Waals surface area contributed by atoms with Crippen molar-refractivity contribution in [3.8, 4) is 0 Å². The summed E-state index contributed by atoms with van der Waals surface area (Å²) in [6.45, 7) is 0.569. The molecule has 1 heterocycles. The van der Waals surface area contributed by atoms with Gasteiger partial charge in [-0.05, 0) is 29.1 Å². The summed E-state index contributed by atoms with van der Waals surface area (Å²) in [6, 6.07) is 10.2. The molecule has 0 amide bonds. The van der Waals surface area contributed by atoms with Crippen molar-refractivity contribution in [3.63, 3.8) is 0 Å². The Morgan fingerprint density at radius 3 is 2.70 bits per heavy atom. The van der Waals surface area contributed by atoms with E-state index < -0.39 is 0 Å². The molecule has 0 bridgehead atoms. The van der Waals surface area contributed by atoms with E-state index in [-0.39, 0.29) is 24.2 Å². The Kier molecular flexibility index (Phi) is 5.26. The van der Waals surface area contributed by atoms with E-state index in [1.807, 2.05) is 17.5 Å². The maximum absolute atomic E-state index is 12.8. The fraction of sp³-hybridized carbons (Fsp3) is 0.267. The van der Waals surface area contributed by atoms with E-state index in [2.05, 4.69) is 5.32 Å². The molecule has 1 aromatic heterocycles. The van der Waals surface area contributed by atoms with Gasteiger partial charge in [-0.15, -0.1) is 11.3 Å². The highest BCUT2D eigenvalue weighted by molar-refractivity contribution is 7.10. The molecule has 1 aromatic carbocycles. The maximum atomic E-state index is 12.8. The van der Waals surface area contributed by atoms with Crippen LogP contribution in [0.4, 0.5) is 4.39 Å². The molecule has 0 saturated heterocycles. The van der Waals surface area contributed by atoms with Gasteiger partial charge in [0, 0.05) is 11.4 Å². The number of esters is 1. The molecule has 20 heavy (non-hydrogen) atoms. The van der Waals surface area contributed by atoms with Crippen molar-refractivity contribution in [2.24, 2.45) is 0 Å². The van der Waals surface area contributed by atoms with E-state index in [1.54, 1.807) is 23.5 Å². The summed E-state index contributed by atoms with van der Waals surface area (Å²) in [4.78, 5) is 12.5. The van der Waals surface area contributed by atoms with Crippen LogP contribution in [0.2, 0.25) is 0 Å². The third-order valence-corrected chi connectivity index (χ3v) is 3.94. The second kappa shape index (κ2) is 7.17. The molecule has 3 nitrogen and oxygen atoms in total. The molecular formula is C15H16FNO2S. The zero-order chi connectivity index (χ0) is 14.4. The van der Waals surface area contributed by atoms with Crippen LogP contribution in [-0.4, -0.2) is 13.1 Å². The Bertz CT molecular complexity index is 540. The Labute approximate surface area is 121 Å². The lowest BCUT2D eigenvalue weighted by Crippen LogP contribution is -2.23. The van der Waals surface area contributed by atoms with Crippen LogP contribution in [0.3, 0.4) is 0 Å². The van der Waals surface area contributed by atoms with Crippen LogP contribution in [0.5, 0.6) is 0 Å². The average molecular weight is 293 g/mol. The van der Waals surface area contributed by atoms with E-state index in [0.29, 0.717) is 6.54 Å². The predicted molar refractivity (Wildman–Crippen MR) is 76.9 cm³/mol. The minimum absolute atomic E-state index is 0.0903. The lowest BCUT2D eigenvalue weighted by atomic mass is 10.1. The smallest absolute Gasteiger partial charge is 0.307 e. The number of thiophene rings is 1. The normalized spacial score (nSPS) is 12.1. The summed E-state index contributed by atoms with van der Waals surface area (Å²) < 4.78 is 17.6. The van der Waals surface area contributed by atoms with Crippen LogP contribution in [0.25, 0.3) is 0 Å². The molecular weight excluding hydrogens is 277 g/mol. The number of hydrogen-bond acceptors (Lipinski definition) is 4. The molecule has 0 aliphatic heterocycles. The average Bonchev–Trinajstić information content (AvgIpc) is 2.99. The molecule has 0 radical (unpaired) electrons. The number of halogens is 1. The molecule has 5 heteroatoms. The minimum Gasteiger partial charge on any atom is -0.469 e. The van der Waals surface area contributed by atoms with E-state index in [1.165, 1.54) is 19.2 Å². The molecule has 0 spiro atoms. The van der Waals surface area contributed by atoms with E-state index in [0.717, 1.165) is 10.4 Å². The SMILES string of the molecule is COC(=O)CC(NCc1ccc(F)cc1)c1cccs1. The largest absolute Gasteiger partial charge is 0.469 e. The fourth-order valence-electron chi connectivity index (χ4n) is 1.86. The third kappa shape index (κ3) is 4.15. The first kappa shape index (κ1) is 14.7. The highest BCUT2D eigenvalue weighted by Crippen LogP contribution is 2.23. The van der Waals surface area contributed by atoms with Crippen LogP contribution < -0.4 is 5.32 Å². The van der Waals surface area contributed by atoms with Crippen LogP contribution in [0.1, 0.15) is 22.9 Å². The van der Waals surface area contributed by atoms with Crippen LogP contribution in [-0.2, 0) is 16.1 Å². The molecule has 0 saturated carbocycles. The van der Waals surface area contributed by atoms with Gasteiger partial charge >= 0.3 is 5.97 Å². The van der Waals surface area contributed by atoms with Gasteiger partial charge in [0.25, 0.3) is 0 Å². The van der Waals surface area contributed by atoms with Crippen molar-refractivity contribution < 1.29 is 13.9 Å². The topological polar surface area (TPSA) is 38.3 Å². The first-order valence-electron chi connectivity index (χ1n) is 6.27. The van der Waals surface area contributed by atoms with Gasteiger partial charge in [0.15, 0.2) is 0 Å². The molecule has 2 rings (SSSR count). The summed E-state index contributed by atoms with van der Waals surface area (Å²) >= 11 is 1.59. The number of rotatable bonds is 6. The lowest BCUT2D eigenvalue weighted by Gasteiger charge is -2.16. The first-order chi connectivity index (χ1) is 9.69. The van der Waals surface area contributed by atoms with Gasteiger partial charge in [0.1, 0.15) is 5.82 Å². The number of carbonyl (C=O) groups is 1. The molecule has 1 unspecified atom stereocenters. The summed E-state index contributed by atoms with van der Waals surface area (Å²) in [6.07, 6.45) is 0.276. The van der Waals surface area contributed by atoms with Crippen LogP contribution in [0.15, 0.2) is 41.8 Å². The van der Waals surface area contributed by atoms with Gasteiger partial charge in [-0.1, -0.05) is 18.2 Å². The second-order valence-electron chi connectivity index (χ2n) is 4.36. The highest BCUT2D eigenvalue weighted by Gasteiger charge is 2.16. The standard InChI is InChI=1S/C15H16FNO2S/c1-19-15(18)9-13(14-3-2-8-20-14)17-10-11-4-6-12(16)7-5-11/h2-8,13,17H,9-10H2,1H3. The number of carbonyl (C=O) groups excluding carboxylic acids is 1. The van der Waals surface area contributed by atoms with Gasteiger partial charge in [-0.3, -0.25) is 4.79 Å². The zero-order valence-corrected chi connectivity index (χ0v) is 12.0. The summed E-state index contributed by atoms with van der Waals surface area (Å²) in [5.41, 5.74) is 0.970. The van der Waals surface area contributed by atoms with Crippen molar-refractivity contribution in [2.45, 2.75) is 19.0 Å². The van der Waals surface area contributed by atoms with Gasteiger partial charge in [0.2, 0.25) is 0 Å². The first-order valence-corrected chi connectivity index (χ1v) is 7.15. The van der Waals surface area contributed by atoms with Crippen LogP contribution >= 0.6 is 11.3 Å². The van der Waals surface area contributed by atoms with Gasteiger partial charge in [-0.25, -0.2) is 4.39 Å². The van der Waals surface area contributed by atoms with Gasteiger partial charge < -0.3 is 10.1 Å². The van der Waals surface area contributed by atoms with Crippen molar-refractivity contribution in [1.29, 1.82) is 0 Å². The third-order valence-electron chi connectivity index (χ3n) is 2.95. The van der Waals surface area contributed by atoms with Gasteiger partial charge in [-0.2, -0.15) is 0 Å². The number of benzene rings is 1. The minimum atomic E-state index is -0.255. The summed E-state index contributed by atoms with van der Waals surface area (Å²) in [7, 11) is 1.38. The number of hydrogen-bond donors (Lipinski definition) is 1. The molecule has 0 aliphatic carbocycles. The fourth-order valence-corrected chi connectivity index (χ4v) is 2.66. The van der Waals surface area contributed by atoms with E-state index in [9.17, 15) is 9.18 Å². The summed E-state index contributed by atoms with van der Waals surface area (Å²) in [5, 5.41) is 5.28. The Morgan fingerprint density at radius 2 is 2.10 bits per heavy atom. The molecule has 0 aliphatic rings. The van der Waals surface area contributed by atoms with Crippen molar-refractivity contribution in [2.75, 3.05) is 7.11 Å². The predicted octanol–water partition coefficient (Wildman–Crippen LogP) is 3.28. The molecule has 106 valence electrons. The molecule has 1 N–H and O–H groups in total. The molecule has 1 atom stereocenters. The lowest BCUT2D eigenvalue weighted by molar-refractivity contribution is -0.141. The Hall–Kier alpha value is -1.72. The number of methoxy groups -OCH3 is 1. The molecule has 0 fully saturated rings. The highest BCUT2D eigenvalue weighted by atomic mass is 32.1.